The molecule has 8 heteroatoms. The number of aromatic nitrogens is 1. The summed E-state index contributed by atoms with van der Waals surface area (Å²) in [6.07, 6.45) is 0. The number of amides is 1. The molecule has 3 rings (SSSR count). The molecule has 2 heterocycles. The Bertz CT molecular complexity index is 938. The summed E-state index contributed by atoms with van der Waals surface area (Å²) in [6.45, 7) is 3.74. The van der Waals surface area contributed by atoms with Crippen molar-refractivity contribution < 1.29 is 23.8 Å². The number of aryl methyl sites for hydroxylation is 2. The second-order valence-corrected chi connectivity index (χ2v) is 7.36. The molecule has 0 radical (unpaired) electrons. The van der Waals surface area contributed by atoms with E-state index in [0.717, 1.165) is 0 Å². The van der Waals surface area contributed by atoms with E-state index >= 15 is 0 Å². The van der Waals surface area contributed by atoms with Crippen LogP contribution in [0, 0.1) is 19.7 Å². The van der Waals surface area contributed by atoms with Gasteiger partial charge in [-0.25, -0.2) is 9.37 Å². The van der Waals surface area contributed by atoms with E-state index in [1.807, 2.05) is 0 Å². The molecule has 1 N–H and O–H groups in total. The summed E-state index contributed by atoms with van der Waals surface area (Å²) in [6, 6.07) is 4.88. The van der Waals surface area contributed by atoms with Gasteiger partial charge in [0.1, 0.15) is 5.82 Å². The number of benzene rings is 1. The Hall–Kier alpha value is -2.58. The van der Waals surface area contributed by atoms with Gasteiger partial charge in [0.05, 0.1) is 33.8 Å². The van der Waals surface area contributed by atoms with Gasteiger partial charge in [-0.05, 0) is 19.9 Å². The molecule has 1 unspecified atom stereocenters. The molecule has 0 aliphatic carbocycles. The number of Topliss-reactive ketones (excluding diaryl/α,β-unsaturated/α-hetero) is 1. The largest absolute Gasteiger partial charge is 0.503 e. The molecule has 0 bridgehead atoms. The molecule has 1 aliphatic heterocycles. The van der Waals surface area contributed by atoms with Crippen LogP contribution in [0.25, 0.3) is 0 Å². The maximum absolute atomic E-state index is 14.5. The minimum absolute atomic E-state index is 0.107. The first kappa shape index (κ1) is 19.2. The van der Waals surface area contributed by atoms with Crippen LogP contribution in [-0.4, -0.2) is 46.9 Å². The average Bonchev–Trinajstić information content (AvgIpc) is 3.10. The van der Waals surface area contributed by atoms with Crippen molar-refractivity contribution in [2.24, 2.45) is 0 Å². The minimum Gasteiger partial charge on any atom is -0.503 e. The number of carbonyl (C=O) groups is 2. The van der Waals surface area contributed by atoms with Crippen molar-refractivity contribution in [1.29, 1.82) is 0 Å². The molecular weight excluding hydrogens is 371 g/mol. The third-order valence-corrected chi connectivity index (χ3v) is 5.47. The number of ketones is 1. The Morgan fingerprint density at radius 1 is 1.37 bits per heavy atom. The first-order valence-electron chi connectivity index (χ1n) is 8.33. The molecule has 27 heavy (non-hydrogen) atoms. The van der Waals surface area contributed by atoms with Crippen molar-refractivity contribution in [2.45, 2.75) is 19.9 Å². The van der Waals surface area contributed by atoms with Gasteiger partial charge < -0.3 is 14.7 Å². The van der Waals surface area contributed by atoms with Crippen LogP contribution in [0.4, 0.5) is 4.39 Å². The zero-order valence-electron chi connectivity index (χ0n) is 15.2. The third-order valence-electron chi connectivity index (χ3n) is 4.39. The number of methoxy groups -OCH3 is 1. The zero-order chi connectivity index (χ0) is 19.7. The summed E-state index contributed by atoms with van der Waals surface area (Å²) in [7, 11) is 1.47. The molecule has 1 aliphatic rings. The van der Waals surface area contributed by atoms with Crippen LogP contribution < -0.4 is 0 Å². The molecule has 0 fully saturated rings. The summed E-state index contributed by atoms with van der Waals surface area (Å²) in [5.41, 5.74) is 0.527. The number of ether oxygens (including phenoxy) is 1. The Morgan fingerprint density at radius 2 is 2.07 bits per heavy atom. The predicted octanol–water partition coefficient (Wildman–Crippen LogP) is 3.12. The molecule has 1 amide bonds. The van der Waals surface area contributed by atoms with Gasteiger partial charge in [0.15, 0.2) is 5.76 Å². The molecule has 2 aromatic rings. The van der Waals surface area contributed by atoms with Gasteiger partial charge in [0, 0.05) is 19.2 Å². The summed E-state index contributed by atoms with van der Waals surface area (Å²) >= 11 is 1.18. The van der Waals surface area contributed by atoms with Crippen LogP contribution in [0.15, 0.2) is 35.6 Å². The van der Waals surface area contributed by atoms with Crippen molar-refractivity contribution in [1.82, 2.24) is 9.88 Å². The van der Waals surface area contributed by atoms with Gasteiger partial charge >= 0.3 is 0 Å². The highest BCUT2D eigenvalue weighted by atomic mass is 32.1. The molecule has 0 spiro atoms. The van der Waals surface area contributed by atoms with Crippen molar-refractivity contribution in [3.63, 3.8) is 0 Å². The lowest BCUT2D eigenvalue weighted by Crippen LogP contribution is -2.34. The van der Waals surface area contributed by atoms with E-state index in [9.17, 15) is 19.1 Å². The molecule has 1 atom stereocenters. The van der Waals surface area contributed by atoms with E-state index in [0.29, 0.717) is 15.6 Å². The quantitative estimate of drug-likeness (QED) is 0.767. The van der Waals surface area contributed by atoms with Gasteiger partial charge in [-0.15, -0.1) is 11.3 Å². The van der Waals surface area contributed by atoms with Crippen LogP contribution in [-0.2, 0) is 9.53 Å². The van der Waals surface area contributed by atoms with Crippen LogP contribution in [0.1, 0.15) is 32.0 Å². The number of hydrogen-bond acceptors (Lipinski definition) is 6. The Morgan fingerprint density at radius 3 is 2.67 bits per heavy atom. The lowest BCUT2D eigenvalue weighted by atomic mass is 9.94. The SMILES string of the molecule is COCCN1C(=O)C(O)=C(C(=O)c2sc(C)nc2C)C1c1ccccc1F. The lowest BCUT2D eigenvalue weighted by molar-refractivity contribution is -0.130. The Kier molecular flexibility index (Phi) is 5.38. The molecule has 1 aromatic heterocycles. The highest BCUT2D eigenvalue weighted by molar-refractivity contribution is 7.14. The van der Waals surface area contributed by atoms with E-state index in [2.05, 4.69) is 4.98 Å². The van der Waals surface area contributed by atoms with E-state index in [1.165, 1.54) is 41.5 Å². The van der Waals surface area contributed by atoms with Crippen LogP contribution in [0.3, 0.4) is 0 Å². The summed E-state index contributed by atoms with van der Waals surface area (Å²) in [4.78, 5) is 31.6. The fourth-order valence-corrected chi connectivity index (χ4v) is 4.06. The van der Waals surface area contributed by atoms with E-state index < -0.39 is 29.3 Å². The molecule has 0 saturated heterocycles. The topological polar surface area (TPSA) is 79.7 Å². The van der Waals surface area contributed by atoms with Gasteiger partial charge in [0.25, 0.3) is 5.91 Å². The van der Waals surface area contributed by atoms with Crippen LogP contribution in [0.5, 0.6) is 0 Å². The van der Waals surface area contributed by atoms with Gasteiger partial charge in [-0.2, -0.15) is 0 Å². The fourth-order valence-electron chi connectivity index (χ4n) is 3.19. The summed E-state index contributed by atoms with van der Waals surface area (Å²) in [5, 5.41) is 11.2. The lowest BCUT2D eigenvalue weighted by Gasteiger charge is -2.26. The number of thiazole rings is 1. The highest BCUT2D eigenvalue weighted by Gasteiger charge is 2.45. The zero-order valence-corrected chi connectivity index (χ0v) is 16.0. The number of halogens is 1. The van der Waals surface area contributed by atoms with E-state index in [1.54, 1.807) is 19.9 Å². The van der Waals surface area contributed by atoms with E-state index in [-0.39, 0.29) is 24.3 Å². The molecule has 0 saturated carbocycles. The fraction of sp³-hybridized carbons (Fsp3) is 0.316. The van der Waals surface area contributed by atoms with Crippen molar-refractivity contribution in [2.75, 3.05) is 20.3 Å². The monoisotopic (exact) mass is 390 g/mol. The second kappa shape index (κ2) is 7.58. The number of aliphatic hydroxyl groups is 1. The number of aliphatic hydroxyl groups excluding tert-OH is 1. The second-order valence-electron chi connectivity index (χ2n) is 6.15. The predicted molar refractivity (Wildman–Crippen MR) is 98.3 cm³/mol. The first-order chi connectivity index (χ1) is 12.9. The number of rotatable bonds is 6. The van der Waals surface area contributed by atoms with Crippen molar-refractivity contribution in [3.05, 3.63) is 62.6 Å². The maximum Gasteiger partial charge on any atom is 0.290 e. The normalized spacial score (nSPS) is 17.1. The molecular formula is C19H19FN2O4S. The first-order valence-corrected chi connectivity index (χ1v) is 9.14. The van der Waals surface area contributed by atoms with Gasteiger partial charge in [-0.3, -0.25) is 9.59 Å². The smallest absolute Gasteiger partial charge is 0.290 e. The van der Waals surface area contributed by atoms with Crippen molar-refractivity contribution >= 4 is 23.0 Å². The summed E-state index contributed by atoms with van der Waals surface area (Å²) < 4.78 is 19.5. The standard InChI is InChI=1S/C19H19FN2O4S/c1-10-18(27-11(2)21-10)16(23)14-15(12-6-4-5-7-13(12)20)22(8-9-26-3)19(25)17(14)24/h4-7,15,24H,8-9H2,1-3H3. The van der Waals surface area contributed by atoms with Gasteiger partial charge in [-0.1, -0.05) is 18.2 Å². The van der Waals surface area contributed by atoms with Crippen LogP contribution in [0.2, 0.25) is 0 Å². The number of nitrogens with zero attached hydrogens (tertiary/aromatic N) is 2. The Labute approximate surface area is 159 Å². The molecule has 6 nitrogen and oxygen atoms in total. The highest BCUT2D eigenvalue weighted by Crippen LogP contribution is 2.40. The average molecular weight is 390 g/mol. The minimum atomic E-state index is -1.02. The Balaban J connectivity index is 2.13. The molecule has 142 valence electrons. The number of carbonyl (C=O) groups excluding carboxylic acids is 2. The maximum atomic E-state index is 14.5. The molecule has 1 aromatic carbocycles. The van der Waals surface area contributed by atoms with E-state index in [4.69, 9.17) is 4.74 Å². The number of hydrogen-bond donors (Lipinski definition) is 1. The van der Waals surface area contributed by atoms with Crippen LogP contribution >= 0.6 is 11.3 Å². The van der Waals surface area contributed by atoms with Crippen molar-refractivity contribution in [3.8, 4) is 0 Å². The third kappa shape index (κ3) is 3.38. The van der Waals surface area contributed by atoms with Gasteiger partial charge in [0.2, 0.25) is 5.78 Å². The summed E-state index contributed by atoms with van der Waals surface area (Å²) in [5.74, 6) is -2.45.